The minimum atomic E-state index is -0.123. The highest BCUT2D eigenvalue weighted by molar-refractivity contribution is 8.00. The monoisotopic (exact) mass is 410 g/mol. The van der Waals surface area contributed by atoms with Gasteiger partial charge in [-0.25, -0.2) is 0 Å². The Labute approximate surface area is 173 Å². The molecule has 7 heteroatoms. The summed E-state index contributed by atoms with van der Waals surface area (Å²) in [5.41, 5.74) is 2.39. The van der Waals surface area contributed by atoms with Gasteiger partial charge in [0.15, 0.2) is 11.5 Å². The Hall–Kier alpha value is -2.67. The summed E-state index contributed by atoms with van der Waals surface area (Å²) in [7, 11) is 0. The summed E-state index contributed by atoms with van der Waals surface area (Å²) in [4.78, 5) is 28.2. The molecule has 2 atom stereocenters. The topological polar surface area (TPSA) is 67.9 Å². The summed E-state index contributed by atoms with van der Waals surface area (Å²) in [6.45, 7) is 3.70. The number of likely N-dealkylation sites (tertiary alicyclic amines) is 1. The molecule has 150 valence electrons. The van der Waals surface area contributed by atoms with E-state index in [0.29, 0.717) is 25.3 Å². The number of anilines is 1. The number of carbonyl (C=O) groups is 2. The van der Waals surface area contributed by atoms with Gasteiger partial charge in [-0.15, -0.1) is 11.8 Å². The molecule has 3 heterocycles. The quantitative estimate of drug-likeness (QED) is 0.814. The molecule has 5 rings (SSSR count). The number of hydrogen-bond acceptors (Lipinski definition) is 5. The normalized spacial score (nSPS) is 22.8. The Morgan fingerprint density at radius 1 is 1.14 bits per heavy atom. The van der Waals surface area contributed by atoms with Crippen molar-refractivity contribution in [2.45, 2.75) is 36.0 Å². The highest BCUT2D eigenvalue weighted by Gasteiger charge is 2.32. The largest absolute Gasteiger partial charge is 0.486 e. The number of hydrogen-bond donors (Lipinski definition) is 1. The zero-order valence-electron chi connectivity index (χ0n) is 16.1. The molecule has 0 radical (unpaired) electrons. The van der Waals surface area contributed by atoms with Crippen LogP contribution in [0.4, 0.5) is 5.69 Å². The zero-order valence-corrected chi connectivity index (χ0v) is 17.0. The first-order chi connectivity index (χ1) is 14.1. The molecule has 29 heavy (non-hydrogen) atoms. The lowest BCUT2D eigenvalue weighted by Crippen LogP contribution is -2.31. The Kier molecular flexibility index (Phi) is 4.62. The minimum absolute atomic E-state index is 0.0111. The molecule has 2 aromatic rings. The van der Waals surface area contributed by atoms with E-state index in [4.69, 9.17) is 9.47 Å². The van der Waals surface area contributed by atoms with Gasteiger partial charge in [0.2, 0.25) is 5.91 Å². The Morgan fingerprint density at radius 2 is 1.97 bits per heavy atom. The highest BCUT2D eigenvalue weighted by Crippen LogP contribution is 2.40. The Bertz CT molecular complexity index is 993. The van der Waals surface area contributed by atoms with Crippen molar-refractivity contribution in [2.24, 2.45) is 0 Å². The molecule has 2 amide bonds. The molecule has 0 saturated carbocycles. The third kappa shape index (κ3) is 3.33. The van der Waals surface area contributed by atoms with Crippen LogP contribution in [0.1, 0.15) is 41.7 Å². The van der Waals surface area contributed by atoms with Crippen molar-refractivity contribution in [2.75, 3.05) is 25.1 Å². The van der Waals surface area contributed by atoms with Gasteiger partial charge in [0.1, 0.15) is 13.2 Å². The van der Waals surface area contributed by atoms with Crippen molar-refractivity contribution in [3.63, 3.8) is 0 Å². The molecule has 0 aliphatic carbocycles. The molecule has 2 aromatic carbocycles. The van der Waals surface area contributed by atoms with Crippen LogP contribution in [0.2, 0.25) is 0 Å². The van der Waals surface area contributed by atoms with E-state index < -0.39 is 0 Å². The van der Waals surface area contributed by atoms with Crippen molar-refractivity contribution in [1.29, 1.82) is 0 Å². The first kappa shape index (κ1) is 18.4. The maximum absolute atomic E-state index is 13.3. The number of thioether (sulfide) groups is 1. The smallest absolute Gasteiger partial charge is 0.254 e. The standard InChI is InChI=1S/C22H22N2O4S/c1-13-21(25)23-16-11-15(5-7-20(16)29-13)22(26)24-8-2-3-17(24)14-4-6-18-19(12-14)28-10-9-27-18/h4-7,11-13,17H,2-3,8-10H2,1H3,(H,23,25)/t13-,17+/m0/s1. The van der Waals surface area contributed by atoms with Crippen molar-refractivity contribution in [3.8, 4) is 11.5 Å². The number of nitrogens with one attached hydrogen (secondary N) is 1. The summed E-state index contributed by atoms with van der Waals surface area (Å²) in [5, 5.41) is 2.79. The second-order valence-electron chi connectivity index (χ2n) is 7.52. The van der Waals surface area contributed by atoms with Crippen molar-refractivity contribution < 1.29 is 19.1 Å². The van der Waals surface area contributed by atoms with Gasteiger partial charge >= 0.3 is 0 Å². The van der Waals surface area contributed by atoms with Gasteiger partial charge in [0.05, 0.1) is 17.0 Å². The molecule has 3 aliphatic rings. The lowest BCUT2D eigenvalue weighted by molar-refractivity contribution is -0.115. The van der Waals surface area contributed by atoms with Crippen LogP contribution in [-0.2, 0) is 4.79 Å². The summed E-state index contributed by atoms with van der Waals surface area (Å²) < 4.78 is 11.3. The number of nitrogens with zero attached hydrogens (tertiary/aromatic N) is 1. The van der Waals surface area contributed by atoms with E-state index in [9.17, 15) is 9.59 Å². The van der Waals surface area contributed by atoms with Crippen LogP contribution in [0.5, 0.6) is 11.5 Å². The van der Waals surface area contributed by atoms with Crippen LogP contribution in [0, 0.1) is 0 Å². The maximum Gasteiger partial charge on any atom is 0.254 e. The average molecular weight is 410 g/mol. The van der Waals surface area contributed by atoms with E-state index in [-0.39, 0.29) is 23.1 Å². The predicted octanol–water partition coefficient (Wildman–Crippen LogP) is 3.87. The summed E-state index contributed by atoms with van der Waals surface area (Å²) in [6.07, 6.45) is 1.88. The van der Waals surface area contributed by atoms with Crippen LogP contribution in [0.15, 0.2) is 41.3 Å². The summed E-state index contributed by atoms with van der Waals surface area (Å²) >= 11 is 1.52. The number of rotatable bonds is 2. The molecule has 0 unspecified atom stereocenters. The fourth-order valence-electron chi connectivity index (χ4n) is 4.13. The van der Waals surface area contributed by atoms with E-state index in [0.717, 1.165) is 40.5 Å². The summed E-state index contributed by atoms with van der Waals surface area (Å²) in [6, 6.07) is 11.5. The molecule has 1 saturated heterocycles. The van der Waals surface area contributed by atoms with Crippen LogP contribution < -0.4 is 14.8 Å². The van der Waals surface area contributed by atoms with E-state index >= 15 is 0 Å². The van der Waals surface area contributed by atoms with E-state index in [2.05, 4.69) is 5.32 Å². The number of amides is 2. The van der Waals surface area contributed by atoms with E-state index in [1.54, 1.807) is 6.07 Å². The lowest BCUT2D eigenvalue weighted by atomic mass is 10.0. The Balaban J connectivity index is 1.41. The molecule has 6 nitrogen and oxygen atoms in total. The van der Waals surface area contributed by atoms with Gasteiger partial charge in [-0.2, -0.15) is 0 Å². The van der Waals surface area contributed by atoms with E-state index in [1.807, 2.05) is 42.2 Å². The highest BCUT2D eigenvalue weighted by atomic mass is 32.2. The fourth-order valence-corrected chi connectivity index (χ4v) is 5.06. The molecule has 1 N–H and O–H groups in total. The minimum Gasteiger partial charge on any atom is -0.486 e. The zero-order chi connectivity index (χ0) is 20.0. The molecular formula is C22H22N2O4S. The van der Waals surface area contributed by atoms with Gasteiger partial charge in [-0.3, -0.25) is 9.59 Å². The number of fused-ring (bicyclic) bond motifs is 2. The molecule has 1 fully saturated rings. The van der Waals surface area contributed by atoms with Gasteiger partial charge in [-0.05, 0) is 55.7 Å². The molecular weight excluding hydrogens is 388 g/mol. The maximum atomic E-state index is 13.3. The Morgan fingerprint density at radius 3 is 2.83 bits per heavy atom. The average Bonchev–Trinajstić information content (AvgIpc) is 3.23. The third-order valence-corrected chi connectivity index (χ3v) is 6.80. The summed E-state index contributed by atoms with van der Waals surface area (Å²) in [5.74, 6) is 1.47. The molecule has 3 aliphatic heterocycles. The van der Waals surface area contributed by atoms with Gasteiger partial charge in [0.25, 0.3) is 5.91 Å². The van der Waals surface area contributed by atoms with Crippen molar-refractivity contribution in [1.82, 2.24) is 4.90 Å². The van der Waals surface area contributed by atoms with Gasteiger partial charge in [-0.1, -0.05) is 6.07 Å². The first-order valence-electron chi connectivity index (χ1n) is 9.92. The number of ether oxygens (including phenoxy) is 2. The molecule has 0 bridgehead atoms. The molecule has 0 spiro atoms. The SMILES string of the molecule is C[C@@H]1Sc2ccc(C(=O)N3CCC[C@@H]3c3ccc4c(c3)OCCO4)cc2NC1=O. The van der Waals surface area contributed by atoms with Crippen LogP contribution in [0.3, 0.4) is 0 Å². The van der Waals surface area contributed by atoms with Crippen LogP contribution >= 0.6 is 11.8 Å². The van der Waals surface area contributed by atoms with Gasteiger partial charge in [0, 0.05) is 17.0 Å². The van der Waals surface area contributed by atoms with E-state index in [1.165, 1.54) is 11.8 Å². The first-order valence-corrected chi connectivity index (χ1v) is 10.8. The van der Waals surface area contributed by atoms with Crippen molar-refractivity contribution in [3.05, 3.63) is 47.5 Å². The number of carbonyl (C=O) groups excluding carboxylic acids is 2. The van der Waals surface area contributed by atoms with Crippen LogP contribution in [0.25, 0.3) is 0 Å². The number of benzene rings is 2. The lowest BCUT2D eigenvalue weighted by Gasteiger charge is -2.27. The third-order valence-electron chi connectivity index (χ3n) is 5.62. The van der Waals surface area contributed by atoms with Crippen LogP contribution in [-0.4, -0.2) is 41.7 Å². The van der Waals surface area contributed by atoms with Crippen molar-refractivity contribution >= 4 is 29.3 Å². The fraction of sp³-hybridized carbons (Fsp3) is 0.364. The predicted molar refractivity (Wildman–Crippen MR) is 111 cm³/mol. The second kappa shape index (κ2) is 7.30. The van der Waals surface area contributed by atoms with Gasteiger partial charge < -0.3 is 19.7 Å². The second-order valence-corrected chi connectivity index (χ2v) is 8.90. The molecule has 0 aromatic heterocycles.